The van der Waals surface area contributed by atoms with Crippen LogP contribution in [0.1, 0.15) is 16.8 Å². The first-order valence-corrected chi connectivity index (χ1v) is 4.09. The fourth-order valence-corrected chi connectivity index (χ4v) is 0.972. The van der Waals surface area contributed by atoms with Crippen molar-refractivity contribution in [2.45, 2.75) is 12.6 Å². The molecule has 2 nitrogen and oxygen atoms in total. The summed E-state index contributed by atoms with van der Waals surface area (Å²) in [6.07, 6.45) is -6.07. The molecule has 83 valence electrons. The Hall–Kier alpha value is -0.455. The molecule has 6 heteroatoms. The summed E-state index contributed by atoms with van der Waals surface area (Å²) < 4.78 is 35.5. The Kier molecular flexibility index (Phi) is 6.14. The van der Waals surface area contributed by atoms with Crippen molar-refractivity contribution in [1.29, 1.82) is 0 Å². The van der Waals surface area contributed by atoms with E-state index in [4.69, 9.17) is 0 Å². The number of hydrogen-bond donors (Lipinski definition) is 0. The maximum absolute atomic E-state index is 11.8. The normalized spacial score (nSPS) is 10.4. The first-order chi connectivity index (χ1) is 6.91. The van der Waals surface area contributed by atoms with Crippen LogP contribution in [0.3, 0.4) is 0 Å². The van der Waals surface area contributed by atoms with Crippen molar-refractivity contribution in [3.05, 3.63) is 35.9 Å². The predicted molar refractivity (Wildman–Crippen MR) is 46.5 cm³/mol. The van der Waals surface area contributed by atoms with Crippen molar-refractivity contribution in [2.75, 3.05) is 0 Å². The van der Waals surface area contributed by atoms with Crippen molar-refractivity contribution in [1.82, 2.24) is 0 Å². The van der Waals surface area contributed by atoms with Gasteiger partial charge in [0, 0.05) is 41.2 Å². The molecule has 1 radical (unpaired) electrons. The van der Waals surface area contributed by atoms with E-state index in [1.807, 2.05) is 0 Å². The molecule has 0 aliphatic heterocycles. The van der Waals surface area contributed by atoms with Crippen LogP contribution in [-0.4, -0.2) is 17.7 Å². The Balaban J connectivity index is 0.00000225. The predicted octanol–water partition coefficient (Wildman–Crippen LogP) is 2.39. The summed E-state index contributed by atoms with van der Waals surface area (Å²) in [6.45, 7) is 0. The van der Waals surface area contributed by atoms with Gasteiger partial charge in [-0.1, -0.05) is 30.3 Å². The van der Waals surface area contributed by atoms with Gasteiger partial charge in [-0.2, -0.15) is 13.2 Å². The van der Waals surface area contributed by atoms with Gasteiger partial charge in [0.15, 0.2) is 5.78 Å². The Morgan fingerprint density at radius 2 is 1.56 bits per heavy atom. The average molecular weight is 355 g/mol. The smallest absolute Gasteiger partial charge is 0.294 e. The molecule has 0 aromatic heterocycles. The number of halogens is 3. The number of Topliss-reactive ketones (excluding diaryl/α,β-unsaturated/α-hetero) is 2. The first kappa shape index (κ1) is 15.5. The zero-order chi connectivity index (χ0) is 11.5. The third-order valence-electron chi connectivity index (χ3n) is 1.73. The first-order valence-electron chi connectivity index (χ1n) is 4.09. The summed E-state index contributed by atoms with van der Waals surface area (Å²) in [6, 6.07) is 7.40. The van der Waals surface area contributed by atoms with E-state index in [9.17, 15) is 22.8 Å². The third-order valence-corrected chi connectivity index (χ3v) is 1.73. The van der Waals surface area contributed by atoms with Gasteiger partial charge in [-0.25, -0.2) is 0 Å². The number of rotatable bonds is 3. The summed E-state index contributed by atoms with van der Waals surface area (Å²) in [5.41, 5.74) is 0.107. The molecule has 0 atom stereocenters. The van der Waals surface area contributed by atoms with Crippen molar-refractivity contribution >= 4 is 11.6 Å². The fraction of sp³-hybridized carbons (Fsp3) is 0.200. The van der Waals surface area contributed by atoms with E-state index in [0.29, 0.717) is 0 Å². The van der Waals surface area contributed by atoms with E-state index in [1.54, 1.807) is 6.07 Å². The topological polar surface area (TPSA) is 34.1 Å². The Bertz CT molecular complexity index is 373. The average Bonchev–Trinajstić information content (AvgIpc) is 2.17. The molecule has 0 heterocycles. The van der Waals surface area contributed by atoms with E-state index >= 15 is 0 Å². The third kappa shape index (κ3) is 4.59. The number of alkyl halides is 3. The molecule has 0 amide bonds. The molecule has 0 aliphatic carbocycles. The van der Waals surface area contributed by atoms with Crippen LogP contribution in [0.4, 0.5) is 13.2 Å². The van der Waals surface area contributed by atoms with Gasteiger partial charge in [-0.05, 0) is 0 Å². The summed E-state index contributed by atoms with van der Waals surface area (Å²) >= 11 is 0. The van der Waals surface area contributed by atoms with Gasteiger partial charge in [-0.3, -0.25) is 9.59 Å². The van der Waals surface area contributed by atoms with Gasteiger partial charge in [0.25, 0.3) is 0 Å². The number of carbonyl (C=O) groups excluding carboxylic acids is 2. The van der Waals surface area contributed by atoms with Crippen LogP contribution in [-0.2, 0) is 4.79 Å². The maximum Gasteiger partial charge on any atom is 0.450 e. The van der Waals surface area contributed by atoms with Crippen LogP contribution in [0.15, 0.2) is 30.3 Å². The Morgan fingerprint density at radius 3 is 2.00 bits per heavy atom. The van der Waals surface area contributed by atoms with E-state index in [-0.39, 0.29) is 41.2 Å². The quantitative estimate of drug-likeness (QED) is 0.617. The summed E-state index contributed by atoms with van der Waals surface area (Å²) in [5.74, 6) is -2.84. The zero-order valence-electron chi connectivity index (χ0n) is 8.12. The van der Waals surface area contributed by atoms with E-state index < -0.39 is 24.2 Å². The molecule has 1 aromatic carbocycles. The number of hydrogen-bond acceptors (Lipinski definition) is 2. The molecule has 0 bridgehead atoms. The van der Waals surface area contributed by atoms with Gasteiger partial charge in [0.05, 0.1) is 6.42 Å². The molecule has 0 unspecified atom stereocenters. The molecule has 0 saturated carbocycles. The van der Waals surface area contributed by atoms with Crippen molar-refractivity contribution in [3.8, 4) is 0 Å². The van der Waals surface area contributed by atoms with Gasteiger partial charge < -0.3 is 0 Å². The number of ketones is 2. The maximum atomic E-state index is 11.8. The summed E-state index contributed by atoms with van der Waals surface area (Å²) in [7, 11) is 0. The van der Waals surface area contributed by atoms with Gasteiger partial charge in [0.2, 0.25) is 5.78 Å². The molecule has 1 rings (SSSR count). The van der Waals surface area contributed by atoms with Crippen LogP contribution in [0.2, 0.25) is 0 Å². The van der Waals surface area contributed by atoms with Gasteiger partial charge in [-0.15, -0.1) is 0 Å². The summed E-state index contributed by atoms with van der Waals surface area (Å²) in [5, 5.41) is 0. The van der Waals surface area contributed by atoms with Crippen molar-refractivity contribution < 1.29 is 58.4 Å². The molecular formula is C10H7F3LaO2. The minimum absolute atomic E-state index is 0. The van der Waals surface area contributed by atoms with E-state index in [2.05, 4.69) is 0 Å². The monoisotopic (exact) mass is 355 g/mol. The fourth-order valence-electron chi connectivity index (χ4n) is 0.972. The number of carbonyl (C=O) groups is 2. The Labute approximate surface area is 118 Å². The second-order valence-corrected chi connectivity index (χ2v) is 2.89. The largest absolute Gasteiger partial charge is 0.450 e. The molecule has 0 saturated heterocycles. The van der Waals surface area contributed by atoms with Crippen LogP contribution in [0.25, 0.3) is 0 Å². The second kappa shape index (κ2) is 6.32. The van der Waals surface area contributed by atoms with E-state index in [0.717, 1.165) is 0 Å². The second-order valence-electron chi connectivity index (χ2n) is 2.89. The standard InChI is InChI=1S/C10H7F3O2.La/c11-10(12,13)9(15)6-8(14)7-4-2-1-3-5-7;/h1-5H,6H2;. The van der Waals surface area contributed by atoms with Crippen LogP contribution >= 0.6 is 0 Å². The van der Waals surface area contributed by atoms with Gasteiger partial charge in [0.1, 0.15) is 0 Å². The van der Waals surface area contributed by atoms with E-state index in [1.165, 1.54) is 24.3 Å². The minimum Gasteiger partial charge on any atom is -0.294 e. The molecule has 0 fully saturated rings. The van der Waals surface area contributed by atoms with Crippen LogP contribution in [0.5, 0.6) is 0 Å². The number of benzene rings is 1. The molecule has 1 aromatic rings. The SMILES string of the molecule is O=C(CC(=O)C(F)(F)F)c1ccccc1.[La]. The van der Waals surface area contributed by atoms with Crippen molar-refractivity contribution in [2.24, 2.45) is 0 Å². The van der Waals surface area contributed by atoms with Crippen LogP contribution < -0.4 is 0 Å². The molecular weight excluding hydrogens is 348 g/mol. The summed E-state index contributed by atoms with van der Waals surface area (Å²) in [4.78, 5) is 21.7. The van der Waals surface area contributed by atoms with Crippen LogP contribution in [0, 0.1) is 35.6 Å². The minimum atomic E-state index is -4.94. The molecule has 0 spiro atoms. The molecule has 16 heavy (non-hydrogen) atoms. The zero-order valence-corrected chi connectivity index (χ0v) is 11.7. The van der Waals surface area contributed by atoms with Crippen molar-refractivity contribution in [3.63, 3.8) is 0 Å². The van der Waals surface area contributed by atoms with Gasteiger partial charge >= 0.3 is 6.18 Å². The molecule has 0 N–H and O–H groups in total. The Morgan fingerprint density at radius 1 is 1.06 bits per heavy atom. The molecule has 0 aliphatic rings.